The van der Waals surface area contributed by atoms with Crippen molar-refractivity contribution in [3.8, 4) is 11.5 Å². The minimum absolute atomic E-state index is 0.0923. The van der Waals surface area contributed by atoms with Crippen molar-refractivity contribution in [2.45, 2.75) is 43.7 Å². The molecule has 0 radical (unpaired) electrons. The highest BCUT2D eigenvalue weighted by Gasteiger charge is 2.55. The molecular weight excluding hydrogens is 456 g/mol. The van der Waals surface area contributed by atoms with Crippen LogP contribution in [0, 0.1) is 17.8 Å². The number of anilines is 2. The molecule has 1 aliphatic heterocycles. The number of benzene rings is 1. The Morgan fingerprint density at radius 1 is 0.972 bits per heavy atom. The van der Waals surface area contributed by atoms with Crippen LogP contribution in [0.4, 0.5) is 11.5 Å². The van der Waals surface area contributed by atoms with E-state index in [1.54, 1.807) is 14.2 Å². The average Bonchev–Trinajstić information content (AvgIpc) is 2.89. The summed E-state index contributed by atoms with van der Waals surface area (Å²) in [5, 5.41) is 14.2. The fourth-order valence-corrected chi connectivity index (χ4v) is 7.38. The van der Waals surface area contributed by atoms with Crippen LogP contribution >= 0.6 is 0 Å². The molecule has 2 unspecified atom stereocenters. The lowest BCUT2D eigenvalue weighted by molar-refractivity contribution is -0.136. The number of nitrogens with zero attached hydrogens (tertiary/aromatic N) is 3. The summed E-state index contributed by atoms with van der Waals surface area (Å²) in [5.74, 6) is 3.60. The lowest BCUT2D eigenvalue weighted by Gasteiger charge is -2.58. The van der Waals surface area contributed by atoms with Gasteiger partial charge in [-0.1, -0.05) is 6.07 Å². The number of carbonyl (C=O) groups is 1. The summed E-state index contributed by atoms with van der Waals surface area (Å²) in [6.07, 6.45) is 4.85. The topological polar surface area (TPSA) is 87.2 Å². The summed E-state index contributed by atoms with van der Waals surface area (Å²) in [6, 6.07) is 11.9. The Morgan fingerprint density at radius 2 is 1.67 bits per heavy atom. The van der Waals surface area contributed by atoms with Crippen molar-refractivity contribution >= 4 is 17.4 Å². The summed E-state index contributed by atoms with van der Waals surface area (Å²) in [7, 11) is 3.30. The van der Waals surface area contributed by atoms with Crippen LogP contribution < -0.4 is 24.6 Å². The van der Waals surface area contributed by atoms with E-state index in [-0.39, 0.29) is 11.9 Å². The Kier molecular flexibility index (Phi) is 5.94. The van der Waals surface area contributed by atoms with Crippen molar-refractivity contribution < 1.29 is 19.4 Å². The second kappa shape index (κ2) is 9.14. The van der Waals surface area contributed by atoms with Crippen molar-refractivity contribution in [3.05, 3.63) is 42.1 Å². The van der Waals surface area contributed by atoms with Crippen molar-refractivity contribution in [3.63, 3.8) is 0 Å². The first kappa shape index (κ1) is 23.4. The Balaban J connectivity index is 1.09. The number of aromatic nitrogens is 1. The van der Waals surface area contributed by atoms with E-state index in [0.717, 1.165) is 81.3 Å². The van der Waals surface area contributed by atoms with Gasteiger partial charge >= 0.3 is 0 Å². The predicted molar refractivity (Wildman–Crippen MR) is 138 cm³/mol. The van der Waals surface area contributed by atoms with Gasteiger partial charge in [0.1, 0.15) is 11.5 Å². The molecule has 1 amide bonds. The zero-order valence-electron chi connectivity index (χ0n) is 21.2. The molecule has 4 bridgehead atoms. The summed E-state index contributed by atoms with van der Waals surface area (Å²) in [6.45, 7) is 3.34. The number of hydrogen-bond acceptors (Lipinski definition) is 7. The van der Waals surface area contributed by atoms with Gasteiger partial charge in [0.15, 0.2) is 11.5 Å². The largest absolute Gasteiger partial charge is 0.493 e. The van der Waals surface area contributed by atoms with E-state index in [0.29, 0.717) is 23.4 Å². The van der Waals surface area contributed by atoms with Gasteiger partial charge in [-0.25, -0.2) is 4.98 Å². The second-order valence-electron chi connectivity index (χ2n) is 11.1. The summed E-state index contributed by atoms with van der Waals surface area (Å²) in [4.78, 5) is 22.5. The maximum absolute atomic E-state index is 13.2. The van der Waals surface area contributed by atoms with Crippen LogP contribution in [0.3, 0.4) is 0 Å². The number of pyridine rings is 1. The summed E-state index contributed by atoms with van der Waals surface area (Å²) in [5.41, 5.74) is 1.09. The van der Waals surface area contributed by atoms with Crippen molar-refractivity contribution in [1.82, 2.24) is 10.3 Å². The molecule has 192 valence electrons. The monoisotopic (exact) mass is 492 g/mol. The summed E-state index contributed by atoms with van der Waals surface area (Å²) >= 11 is 0. The van der Waals surface area contributed by atoms with Gasteiger partial charge in [-0.15, -0.1) is 0 Å². The van der Waals surface area contributed by atoms with Crippen LogP contribution in [0.2, 0.25) is 0 Å². The molecule has 5 fully saturated rings. The highest BCUT2D eigenvalue weighted by Crippen LogP contribution is 2.55. The van der Waals surface area contributed by atoms with Crippen LogP contribution in [-0.4, -0.2) is 68.0 Å². The quantitative estimate of drug-likeness (QED) is 0.641. The van der Waals surface area contributed by atoms with Gasteiger partial charge in [0.05, 0.1) is 19.8 Å². The smallest absolute Gasteiger partial charge is 0.270 e. The first-order chi connectivity index (χ1) is 17.4. The first-order valence-corrected chi connectivity index (χ1v) is 13.2. The zero-order chi connectivity index (χ0) is 24.9. The van der Waals surface area contributed by atoms with Crippen LogP contribution in [0.1, 0.15) is 42.6 Å². The second-order valence-corrected chi connectivity index (χ2v) is 11.1. The average molecular weight is 493 g/mol. The van der Waals surface area contributed by atoms with E-state index in [9.17, 15) is 9.90 Å². The lowest BCUT2D eigenvalue weighted by atomic mass is 9.52. The molecule has 4 aliphatic carbocycles. The molecule has 1 aromatic heterocycles. The number of methoxy groups -OCH3 is 2. The Morgan fingerprint density at radius 3 is 2.33 bits per heavy atom. The molecule has 2 atom stereocenters. The molecule has 7 rings (SSSR count). The number of ether oxygens (including phenoxy) is 2. The van der Waals surface area contributed by atoms with Gasteiger partial charge in [0, 0.05) is 44.0 Å². The predicted octanol–water partition coefficient (Wildman–Crippen LogP) is 3.09. The fourth-order valence-electron chi connectivity index (χ4n) is 7.38. The van der Waals surface area contributed by atoms with Crippen molar-refractivity contribution in [1.29, 1.82) is 0 Å². The maximum atomic E-state index is 13.2. The normalized spacial score (nSPS) is 30.9. The lowest BCUT2D eigenvalue weighted by Crippen LogP contribution is -2.61. The molecule has 2 heterocycles. The SMILES string of the molecule is COc1ccc(N2CCN(c3cccc(C(=O)N[C@H]4C5CC6CC4C[C@](O)(C6)C5)n3)CC2)cc1OC. The zero-order valence-corrected chi connectivity index (χ0v) is 21.2. The van der Waals surface area contributed by atoms with Gasteiger partial charge in [0.2, 0.25) is 0 Å². The highest BCUT2D eigenvalue weighted by molar-refractivity contribution is 5.93. The molecule has 2 N–H and O–H groups in total. The molecule has 2 aromatic rings. The molecule has 5 aliphatic rings. The molecule has 0 spiro atoms. The van der Waals surface area contributed by atoms with Gasteiger partial charge in [-0.05, 0) is 74.1 Å². The molecular formula is C28H36N4O4. The fraction of sp³-hybridized carbons (Fsp3) is 0.571. The standard InChI is InChI=1S/C28H36N4O4/c1-35-23-7-6-21(14-24(23)36-2)31-8-10-32(11-9-31)25-5-3-4-22(29-25)27(33)30-26-19-12-18-13-20(26)17-28(34,15-18)16-19/h3-7,14,18-20,26,34H,8-13,15-17H2,1-2H3,(H,30,33)/t18?,19?,20?,26-,28-. The van der Waals surface area contributed by atoms with E-state index in [4.69, 9.17) is 14.5 Å². The number of amides is 1. The van der Waals surface area contributed by atoms with E-state index < -0.39 is 5.60 Å². The highest BCUT2D eigenvalue weighted by atomic mass is 16.5. The van der Waals surface area contributed by atoms with Crippen LogP contribution in [0.15, 0.2) is 36.4 Å². The van der Waals surface area contributed by atoms with Crippen LogP contribution in [-0.2, 0) is 0 Å². The number of carbonyl (C=O) groups excluding carboxylic acids is 1. The molecule has 8 nitrogen and oxygen atoms in total. The number of hydrogen-bond donors (Lipinski definition) is 2. The van der Waals surface area contributed by atoms with Gasteiger partial charge in [-0.2, -0.15) is 0 Å². The van der Waals surface area contributed by atoms with Crippen molar-refractivity contribution in [2.75, 3.05) is 50.2 Å². The Labute approximate surface area is 212 Å². The summed E-state index contributed by atoms with van der Waals surface area (Å²) < 4.78 is 10.8. The van der Waals surface area contributed by atoms with Gasteiger partial charge < -0.3 is 29.7 Å². The number of aliphatic hydroxyl groups is 1. The number of rotatable bonds is 6. The molecule has 36 heavy (non-hydrogen) atoms. The molecule has 8 heteroatoms. The third-order valence-electron chi connectivity index (χ3n) is 8.84. The molecule has 1 saturated heterocycles. The maximum Gasteiger partial charge on any atom is 0.270 e. The number of nitrogens with one attached hydrogen (secondary N) is 1. The minimum atomic E-state index is -0.491. The van der Waals surface area contributed by atoms with E-state index >= 15 is 0 Å². The first-order valence-electron chi connectivity index (χ1n) is 13.2. The van der Waals surface area contributed by atoms with Crippen LogP contribution in [0.5, 0.6) is 11.5 Å². The van der Waals surface area contributed by atoms with Crippen LogP contribution in [0.25, 0.3) is 0 Å². The molecule has 4 saturated carbocycles. The van der Waals surface area contributed by atoms with E-state index in [1.807, 2.05) is 30.3 Å². The van der Waals surface area contributed by atoms with Crippen molar-refractivity contribution in [2.24, 2.45) is 17.8 Å². The van der Waals surface area contributed by atoms with E-state index in [1.165, 1.54) is 0 Å². The Bertz CT molecular complexity index is 1120. The number of piperazine rings is 1. The third-order valence-corrected chi connectivity index (χ3v) is 8.84. The molecule has 1 aromatic carbocycles. The third kappa shape index (κ3) is 4.25. The van der Waals surface area contributed by atoms with E-state index in [2.05, 4.69) is 21.2 Å². The van der Waals surface area contributed by atoms with Gasteiger partial charge in [0.25, 0.3) is 5.91 Å². The Hall–Kier alpha value is -3.00. The van der Waals surface area contributed by atoms with Gasteiger partial charge in [-0.3, -0.25) is 4.79 Å². The minimum Gasteiger partial charge on any atom is -0.493 e.